The number of benzene rings is 2. The molecule has 3 heterocycles. The zero-order chi connectivity index (χ0) is 22.1. The Balaban J connectivity index is 1.40. The van der Waals surface area contributed by atoms with E-state index in [0.717, 1.165) is 60.8 Å². The van der Waals surface area contributed by atoms with Crippen molar-refractivity contribution in [2.45, 2.75) is 13.1 Å². The summed E-state index contributed by atoms with van der Waals surface area (Å²) >= 11 is 0. The second-order valence-electron chi connectivity index (χ2n) is 8.43. The minimum atomic E-state index is -0.304. The molecule has 1 aliphatic rings. The van der Waals surface area contributed by atoms with Gasteiger partial charge in [0.15, 0.2) is 5.65 Å². The second-order valence-corrected chi connectivity index (χ2v) is 8.43. The van der Waals surface area contributed by atoms with Crippen molar-refractivity contribution in [3.05, 3.63) is 71.7 Å². The molecule has 7 heteroatoms. The van der Waals surface area contributed by atoms with Crippen molar-refractivity contribution >= 4 is 11.2 Å². The zero-order valence-electron chi connectivity index (χ0n) is 18.2. The number of nitrogens with one attached hydrogen (secondary N) is 1. The van der Waals surface area contributed by atoms with Crippen LogP contribution in [0.25, 0.3) is 33.7 Å². The van der Waals surface area contributed by atoms with Crippen LogP contribution in [0, 0.1) is 5.82 Å². The molecular weight excluding hydrogens is 403 g/mol. The summed E-state index contributed by atoms with van der Waals surface area (Å²) in [5.41, 5.74) is 11.4. The van der Waals surface area contributed by atoms with Crippen molar-refractivity contribution in [1.29, 1.82) is 0 Å². The number of H-pyrrole nitrogens is 1. The maximum absolute atomic E-state index is 14.3. The van der Waals surface area contributed by atoms with Crippen molar-refractivity contribution in [2.24, 2.45) is 5.73 Å². The maximum Gasteiger partial charge on any atom is 0.158 e. The number of aromatic amines is 1. The van der Waals surface area contributed by atoms with Gasteiger partial charge in [0, 0.05) is 62.2 Å². The predicted octanol–water partition coefficient (Wildman–Crippen LogP) is 3.64. The molecule has 1 fully saturated rings. The lowest BCUT2D eigenvalue weighted by Gasteiger charge is -2.32. The SMILES string of the molecule is CN1CCN(Cc2ccc(-c3nc4c(-c5ccc(CN)c(F)c5)ccnc4[nH]3)cc2)CC1. The molecule has 0 radical (unpaired) electrons. The molecule has 32 heavy (non-hydrogen) atoms. The molecule has 3 N–H and O–H groups in total. The van der Waals surface area contributed by atoms with Gasteiger partial charge in [0.25, 0.3) is 0 Å². The number of fused-ring (bicyclic) bond motifs is 1. The molecule has 2 aromatic carbocycles. The lowest BCUT2D eigenvalue weighted by Crippen LogP contribution is -2.43. The van der Waals surface area contributed by atoms with Crippen LogP contribution in [0.3, 0.4) is 0 Å². The Morgan fingerprint density at radius 2 is 1.75 bits per heavy atom. The fourth-order valence-corrected chi connectivity index (χ4v) is 4.19. The first-order valence-electron chi connectivity index (χ1n) is 10.9. The molecule has 0 aliphatic carbocycles. The number of pyridine rings is 1. The third kappa shape index (κ3) is 4.14. The molecule has 1 saturated heterocycles. The number of hydrogen-bond acceptors (Lipinski definition) is 5. The Hall–Kier alpha value is -3.13. The summed E-state index contributed by atoms with van der Waals surface area (Å²) < 4.78 is 14.3. The minimum Gasteiger partial charge on any atom is -0.326 e. The van der Waals surface area contributed by atoms with Crippen LogP contribution in [0.2, 0.25) is 0 Å². The lowest BCUT2D eigenvalue weighted by molar-refractivity contribution is 0.148. The van der Waals surface area contributed by atoms with Crippen LogP contribution >= 0.6 is 0 Å². The molecular formula is C25H27FN6. The number of imidazole rings is 1. The number of hydrogen-bond donors (Lipinski definition) is 2. The van der Waals surface area contributed by atoms with Crippen molar-refractivity contribution in [2.75, 3.05) is 33.2 Å². The van der Waals surface area contributed by atoms with Crippen LogP contribution in [0.15, 0.2) is 54.7 Å². The Kier molecular flexibility index (Phi) is 5.70. The van der Waals surface area contributed by atoms with Crippen LogP contribution in [0.4, 0.5) is 4.39 Å². The Labute approximate surface area is 186 Å². The van der Waals surface area contributed by atoms with E-state index in [1.54, 1.807) is 12.3 Å². The Morgan fingerprint density at radius 1 is 1.00 bits per heavy atom. The minimum absolute atomic E-state index is 0.176. The van der Waals surface area contributed by atoms with Gasteiger partial charge >= 0.3 is 0 Å². The molecule has 6 nitrogen and oxygen atoms in total. The number of piperazine rings is 1. The van der Waals surface area contributed by atoms with E-state index in [2.05, 4.69) is 51.1 Å². The van der Waals surface area contributed by atoms with E-state index in [1.165, 1.54) is 11.6 Å². The van der Waals surface area contributed by atoms with E-state index in [-0.39, 0.29) is 12.4 Å². The topological polar surface area (TPSA) is 74.1 Å². The van der Waals surface area contributed by atoms with Crippen LogP contribution in [0.1, 0.15) is 11.1 Å². The van der Waals surface area contributed by atoms with Gasteiger partial charge < -0.3 is 15.6 Å². The normalized spacial score (nSPS) is 15.5. The molecule has 1 aliphatic heterocycles. The van der Waals surface area contributed by atoms with Gasteiger partial charge in [-0.3, -0.25) is 4.90 Å². The summed E-state index contributed by atoms with van der Waals surface area (Å²) in [7, 11) is 2.17. The van der Waals surface area contributed by atoms with Gasteiger partial charge in [-0.2, -0.15) is 0 Å². The zero-order valence-corrected chi connectivity index (χ0v) is 18.2. The standard InChI is InChI=1S/C25H27FN6/c1-31-10-12-32(13-11-31)16-17-2-4-18(5-3-17)24-29-23-21(8-9-28-25(23)30-24)19-6-7-20(15-27)22(26)14-19/h2-9,14H,10-13,15-16,27H2,1H3,(H,28,29,30). The van der Waals surface area contributed by atoms with E-state index in [4.69, 9.17) is 10.7 Å². The molecule has 4 aromatic rings. The molecule has 0 atom stereocenters. The molecule has 0 amide bonds. The number of rotatable bonds is 5. The molecule has 2 aromatic heterocycles. The quantitative estimate of drug-likeness (QED) is 0.506. The average molecular weight is 431 g/mol. The Bertz CT molecular complexity index is 1230. The van der Waals surface area contributed by atoms with Crippen molar-refractivity contribution in [3.8, 4) is 22.5 Å². The predicted molar refractivity (Wildman–Crippen MR) is 125 cm³/mol. The molecule has 0 unspecified atom stereocenters. The number of likely N-dealkylation sites (N-methyl/N-ethyl adjacent to an activating group) is 1. The van der Waals surface area contributed by atoms with E-state index in [1.807, 2.05) is 12.1 Å². The van der Waals surface area contributed by atoms with Crippen LogP contribution < -0.4 is 5.73 Å². The van der Waals surface area contributed by atoms with Crippen LogP contribution in [-0.4, -0.2) is 58.0 Å². The highest BCUT2D eigenvalue weighted by atomic mass is 19.1. The molecule has 0 spiro atoms. The molecule has 0 saturated carbocycles. The largest absolute Gasteiger partial charge is 0.326 e. The highest BCUT2D eigenvalue weighted by molar-refractivity contribution is 5.91. The summed E-state index contributed by atoms with van der Waals surface area (Å²) in [6.07, 6.45) is 1.72. The third-order valence-corrected chi connectivity index (χ3v) is 6.20. The van der Waals surface area contributed by atoms with Gasteiger partial charge in [0.2, 0.25) is 0 Å². The first kappa shape index (κ1) is 20.8. The van der Waals surface area contributed by atoms with E-state index >= 15 is 0 Å². The number of aromatic nitrogens is 3. The van der Waals surface area contributed by atoms with E-state index in [0.29, 0.717) is 11.2 Å². The summed E-state index contributed by atoms with van der Waals surface area (Å²) in [6, 6.07) is 15.5. The summed E-state index contributed by atoms with van der Waals surface area (Å²) in [6.45, 7) is 5.57. The van der Waals surface area contributed by atoms with Gasteiger partial charge in [-0.05, 0) is 30.3 Å². The van der Waals surface area contributed by atoms with Gasteiger partial charge in [-0.15, -0.1) is 0 Å². The first-order valence-corrected chi connectivity index (χ1v) is 10.9. The number of nitrogens with two attached hydrogens (primary N) is 1. The van der Waals surface area contributed by atoms with Crippen molar-refractivity contribution < 1.29 is 4.39 Å². The maximum atomic E-state index is 14.3. The lowest BCUT2D eigenvalue weighted by atomic mass is 10.0. The van der Waals surface area contributed by atoms with E-state index < -0.39 is 0 Å². The van der Waals surface area contributed by atoms with Crippen LogP contribution in [-0.2, 0) is 13.1 Å². The number of nitrogens with zero attached hydrogens (tertiary/aromatic N) is 4. The highest BCUT2D eigenvalue weighted by Gasteiger charge is 2.15. The average Bonchev–Trinajstić information content (AvgIpc) is 3.25. The Morgan fingerprint density at radius 3 is 2.47 bits per heavy atom. The van der Waals surface area contributed by atoms with Gasteiger partial charge in [0.05, 0.1) is 0 Å². The molecule has 0 bridgehead atoms. The van der Waals surface area contributed by atoms with Gasteiger partial charge in [0.1, 0.15) is 17.2 Å². The molecule has 164 valence electrons. The smallest absolute Gasteiger partial charge is 0.158 e. The summed E-state index contributed by atoms with van der Waals surface area (Å²) in [5.74, 6) is 0.451. The summed E-state index contributed by atoms with van der Waals surface area (Å²) in [5, 5.41) is 0. The first-order chi connectivity index (χ1) is 15.6. The monoisotopic (exact) mass is 430 g/mol. The van der Waals surface area contributed by atoms with E-state index in [9.17, 15) is 4.39 Å². The van der Waals surface area contributed by atoms with Crippen molar-refractivity contribution in [1.82, 2.24) is 24.8 Å². The van der Waals surface area contributed by atoms with Crippen molar-refractivity contribution in [3.63, 3.8) is 0 Å². The third-order valence-electron chi connectivity index (χ3n) is 6.20. The highest BCUT2D eigenvalue weighted by Crippen LogP contribution is 2.29. The molecule has 5 rings (SSSR count). The second kappa shape index (κ2) is 8.78. The van der Waals surface area contributed by atoms with Gasteiger partial charge in [-0.1, -0.05) is 36.4 Å². The van der Waals surface area contributed by atoms with Gasteiger partial charge in [-0.25, -0.2) is 14.4 Å². The van der Waals surface area contributed by atoms with Crippen LogP contribution in [0.5, 0.6) is 0 Å². The fraction of sp³-hybridized carbons (Fsp3) is 0.280. The summed E-state index contributed by atoms with van der Waals surface area (Å²) in [4.78, 5) is 17.4. The number of halogens is 1. The fourth-order valence-electron chi connectivity index (χ4n) is 4.19.